The Hall–Kier alpha value is -13.8. The molecule has 27 nitrogen and oxygen atoms in total. The zero-order valence-corrected chi connectivity index (χ0v) is 82.5. The minimum absolute atomic E-state index is 0.105. The molecule has 0 spiro atoms. The molecule has 3 aliphatic heterocycles. The smallest absolute Gasteiger partial charge is 0.276 e. The number of hydrogen-bond acceptors (Lipinski definition) is 21. The van der Waals surface area contributed by atoms with Crippen LogP contribution in [0, 0.1) is 107 Å². The molecule has 15 rings (SSSR count). The average molecular weight is 2060 g/mol. The normalized spacial score (nSPS) is 16.6. The number of piperazine rings is 3. The highest BCUT2D eigenvalue weighted by Gasteiger charge is 2.43. The molecular formula is C99H87Cl6F9N18O9. The summed E-state index contributed by atoms with van der Waals surface area (Å²) < 4.78 is 135. The number of hydrogen-bond donors (Lipinski definition) is 3. The maximum atomic E-state index is 15.4. The molecule has 42 heteroatoms. The van der Waals surface area contributed by atoms with Crippen molar-refractivity contribution >= 4 is 137 Å². The second-order valence-electron chi connectivity index (χ2n) is 35.1. The predicted molar refractivity (Wildman–Crippen MR) is 522 cm³/mol. The van der Waals surface area contributed by atoms with Crippen LogP contribution in [0.4, 0.5) is 56.6 Å². The fraction of sp³-hybridized carbons (Fsp3) is 0.303. The zero-order valence-electron chi connectivity index (χ0n) is 78.0. The van der Waals surface area contributed by atoms with E-state index in [0.29, 0.717) is 50.8 Å². The Morgan fingerprint density at radius 3 is 0.858 bits per heavy atom. The van der Waals surface area contributed by atoms with Crippen molar-refractivity contribution < 1.29 is 69.2 Å². The number of aromatic nitrogens is 9. The number of halogens is 15. The van der Waals surface area contributed by atoms with Crippen molar-refractivity contribution in [2.75, 3.05) is 54.0 Å². The molecule has 0 radical (unpaired) electrons. The molecule has 3 aliphatic rings. The molecule has 3 aromatic carbocycles. The van der Waals surface area contributed by atoms with Crippen LogP contribution in [0.1, 0.15) is 151 Å². The maximum Gasteiger partial charge on any atom is 0.276 e. The number of aryl methyl sites for hydroxylation is 3. The number of amides is 3. The molecule has 0 unspecified atom stereocenters. The van der Waals surface area contributed by atoms with Crippen LogP contribution < -0.4 is 31.4 Å². The van der Waals surface area contributed by atoms with Crippen LogP contribution >= 0.6 is 69.6 Å². The lowest BCUT2D eigenvalue weighted by molar-refractivity contribution is -0.131. The number of nitrogens with zero attached hydrogens (tertiary/aromatic N) is 18. The standard InChI is InChI=1S/3C33H29Cl2F3N6O3/c1-7-21(45)43-16(5)12-42(13-17(43)6)30-18-10-20(34)28(22-24(36)23(35)25(37)26(38)31(22)46)41-32(18)44(33(47)19(30)11-39)29-15(4)8-9-40-27(29)14(2)3;2*1-7-21(45)43-16(5)12-42(13-17(43)6)30-18-10-20(34)28(22-23(35)24(36)25(37)26(38)31(22)46)41-32(18)44(33(47)19(30)11-39)29-15(4)8-9-40-27(29)14(2)3/h3*7-10,14,16-17,46H,1,12-13H2,2-6H3/t3*16-,17+. The topological polar surface area (TPSA) is 346 Å². The van der Waals surface area contributed by atoms with Gasteiger partial charge in [0.1, 0.15) is 56.9 Å². The third-order valence-corrected chi connectivity index (χ3v) is 26.7. The van der Waals surface area contributed by atoms with E-state index in [9.17, 15) is 95.0 Å². The largest absolute Gasteiger partial charge is 0.504 e. The van der Waals surface area contributed by atoms with Gasteiger partial charge in [-0.3, -0.25) is 57.4 Å². The number of phenols is 3. The van der Waals surface area contributed by atoms with Crippen LogP contribution in [0.15, 0.2) is 107 Å². The first-order valence-corrected chi connectivity index (χ1v) is 45.9. The summed E-state index contributed by atoms with van der Waals surface area (Å²) in [7, 11) is 0. The summed E-state index contributed by atoms with van der Waals surface area (Å²) in [6.07, 6.45) is 8.37. The molecule has 6 atom stereocenters. The molecule has 12 aromatic rings. The first kappa shape index (κ1) is 105. The number of anilines is 3. The number of carbonyl (C=O) groups is 3. The van der Waals surface area contributed by atoms with Gasteiger partial charge in [-0.25, -0.2) is 41.3 Å². The molecule has 0 saturated carbocycles. The van der Waals surface area contributed by atoms with Crippen LogP contribution in [-0.2, 0) is 14.4 Å². The van der Waals surface area contributed by atoms with Crippen LogP contribution in [0.2, 0.25) is 30.1 Å². The molecule has 3 saturated heterocycles. The van der Waals surface area contributed by atoms with Crippen molar-refractivity contribution in [1.82, 2.24) is 58.3 Å². The lowest BCUT2D eigenvalue weighted by Gasteiger charge is -2.45. The number of carbonyl (C=O) groups excluding carboxylic acids is 3. The van der Waals surface area contributed by atoms with Gasteiger partial charge in [0, 0.05) is 110 Å². The van der Waals surface area contributed by atoms with E-state index >= 15 is 4.39 Å². The van der Waals surface area contributed by atoms with E-state index in [1.165, 1.54) is 45.6 Å². The second-order valence-corrected chi connectivity index (χ2v) is 37.5. The summed E-state index contributed by atoms with van der Waals surface area (Å²) in [5, 5.41) is 59.7. The van der Waals surface area contributed by atoms with Gasteiger partial charge >= 0.3 is 0 Å². The molecule has 3 N–H and O–H groups in total. The van der Waals surface area contributed by atoms with Gasteiger partial charge in [-0.15, -0.1) is 0 Å². The number of aromatic hydroxyl groups is 3. The number of benzene rings is 3. The monoisotopic (exact) mass is 2050 g/mol. The first-order valence-electron chi connectivity index (χ1n) is 43.7. The number of phenolic OH excluding ortho intramolecular Hbond substituents is 3. The third kappa shape index (κ3) is 18.1. The SMILES string of the molecule is C=CC(=O)N1[C@H](C)CN(c2c(C#N)c(=O)n(-c3c(C)ccnc3C(C)C)c3nc(-c4c(O)c(F)c(F)c(Cl)c4F)c(Cl)cc23)C[C@@H]1C.C=CC(=O)N1[C@H](C)CN(c2c(C#N)c(=O)n(-c3c(C)ccnc3C(C)C)c3nc(-c4c(O)c(F)c(F)c(F)c4Cl)c(Cl)cc23)C[C@@H]1C.C=CC(=O)N1[C@H](C)CN(c2c(C#N)c(=O)n(-c3c(C)ccnc3C(C)C)c3nc(-c4c(O)c(F)c(F)c(F)c4Cl)c(Cl)cc23)C[C@@H]1C. The van der Waals surface area contributed by atoms with E-state index in [2.05, 4.69) is 49.6 Å². The molecule has 9 aromatic heterocycles. The van der Waals surface area contributed by atoms with Crippen molar-refractivity contribution in [2.24, 2.45) is 0 Å². The van der Waals surface area contributed by atoms with Gasteiger partial charge in [0.05, 0.1) is 110 Å². The molecular weight excluding hydrogens is 1970 g/mol. The van der Waals surface area contributed by atoms with Crippen LogP contribution in [0.25, 0.3) is 83.9 Å². The maximum absolute atomic E-state index is 15.4. The Balaban J connectivity index is 0.000000178. The fourth-order valence-electron chi connectivity index (χ4n) is 18.7. The van der Waals surface area contributed by atoms with E-state index in [-0.39, 0.29) is 193 Å². The average Bonchev–Trinajstić information content (AvgIpc) is 0.725. The van der Waals surface area contributed by atoms with Crippen molar-refractivity contribution in [1.29, 1.82) is 15.8 Å². The van der Waals surface area contributed by atoms with E-state index in [1.807, 2.05) is 101 Å². The van der Waals surface area contributed by atoms with E-state index in [1.54, 1.807) is 87.0 Å². The molecule has 732 valence electrons. The van der Waals surface area contributed by atoms with Crippen LogP contribution in [0.5, 0.6) is 17.2 Å². The van der Waals surface area contributed by atoms with E-state index in [0.717, 1.165) is 4.57 Å². The summed E-state index contributed by atoms with van der Waals surface area (Å²) in [4.78, 5) is 119. The van der Waals surface area contributed by atoms with Gasteiger partial charge in [-0.05, 0) is 151 Å². The summed E-state index contributed by atoms with van der Waals surface area (Å²) in [5.41, 5.74) is -2.54. The molecule has 3 amide bonds. The lowest BCUT2D eigenvalue weighted by Crippen LogP contribution is -2.58. The second kappa shape index (κ2) is 40.8. The van der Waals surface area contributed by atoms with Gasteiger partial charge < -0.3 is 44.7 Å². The fourth-order valence-corrected chi connectivity index (χ4v) is 20.2. The minimum Gasteiger partial charge on any atom is -0.504 e. The summed E-state index contributed by atoms with van der Waals surface area (Å²) in [6, 6.07) is 12.9. The van der Waals surface area contributed by atoms with Crippen molar-refractivity contribution in [3.8, 4) is 86.3 Å². The molecule has 141 heavy (non-hydrogen) atoms. The molecule has 3 fully saturated rings. The number of rotatable bonds is 15. The highest BCUT2D eigenvalue weighted by Crippen LogP contribution is 2.51. The number of fused-ring (bicyclic) bond motifs is 3. The first-order chi connectivity index (χ1) is 66.5. The molecule has 12 heterocycles. The van der Waals surface area contributed by atoms with Gasteiger partial charge in [0.2, 0.25) is 35.2 Å². The van der Waals surface area contributed by atoms with Gasteiger partial charge in [0.25, 0.3) is 16.7 Å². The van der Waals surface area contributed by atoms with E-state index < -0.39 is 135 Å². The quantitative estimate of drug-likeness (QED) is 0.0371. The van der Waals surface area contributed by atoms with Crippen molar-refractivity contribution in [2.45, 2.75) is 158 Å². The third-order valence-electron chi connectivity index (χ3n) is 24.8. The summed E-state index contributed by atoms with van der Waals surface area (Å²) in [6.45, 7) is 39.3. The number of nitriles is 3. The Morgan fingerprint density at radius 1 is 0.383 bits per heavy atom. The lowest BCUT2D eigenvalue weighted by atomic mass is 10.0. The zero-order chi connectivity index (χ0) is 104. The van der Waals surface area contributed by atoms with Crippen LogP contribution in [0.3, 0.4) is 0 Å². The van der Waals surface area contributed by atoms with E-state index in [4.69, 9.17) is 69.6 Å². The van der Waals surface area contributed by atoms with Crippen LogP contribution in [-0.4, -0.2) is 167 Å². The van der Waals surface area contributed by atoms with Gasteiger partial charge in [-0.1, -0.05) is 131 Å². The number of pyridine rings is 9. The Morgan fingerprint density at radius 2 is 0.617 bits per heavy atom. The van der Waals surface area contributed by atoms with Crippen molar-refractivity contribution in [3.05, 3.63) is 257 Å². The highest BCUT2D eigenvalue weighted by atomic mass is 35.5. The minimum atomic E-state index is -1.99. The molecule has 0 bridgehead atoms. The Labute approximate surface area is 830 Å². The Bertz CT molecular complexity index is 6870. The molecule has 0 aliphatic carbocycles. The Kier molecular flexibility index (Phi) is 30.3. The van der Waals surface area contributed by atoms with Crippen molar-refractivity contribution in [3.63, 3.8) is 0 Å². The van der Waals surface area contributed by atoms with Gasteiger partial charge in [-0.2, -0.15) is 29.0 Å². The van der Waals surface area contributed by atoms with Gasteiger partial charge in [0.15, 0.2) is 52.2 Å². The predicted octanol–water partition coefficient (Wildman–Crippen LogP) is 20.4. The highest BCUT2D eigenvalue weighted by molar-refractivity contribution is 6.38. The summed E-state index contributed by atoms with van der Waals surface area (Å²) in [5.74, 6) is -22.0. The summed E-state index contributed by atoms with van der Waals surface area (Å²) >= 11 is 37.9.